The van der Waals surface area contributed by atoms with E-state index in [-0.39, 0.29) is 0 Å². The minimum atomic E-state index is 0.971. The Balaban J connectivity index is 2.37. The summed E-state index contributed by atoms with van der Waals surface area (Å²) in [6.45, 7) is 7.48. The van der Waals surface area contributed by atoms with Crippen LogP contribution in [0.3, 0.4) is 0 Å². The van der Waals surface area contributed by atoms with Crippen LogP contribution in [0.2, 0.25) is 0 Å². The number of anilines is 1. The molecular formula is C16H20N2. The van der Waals surface area contributed by atoms with Crippen molar-refractivity contribution in [1.29, 1.82) is 0 Å². The molecule has 3 rings (SSSR count). The standard InChI is InChI=1S/C16H20N2/c1-4-17-16-12-6-5-7-14(12)18-15-11(3)10(2)8-9-13(15)16/h8-9H,4-7H2,1-3H3,(H,17,18). The van der Waals surface area contributed by atoms with Gasteiger partial charge in [-0.05, 0) is 56.7 Å². The molecule has 1 aliphatic rings. The van der Waals surface area contributed by atoms with Crippen LogP contribution in [0.25, 0.3) is 10.9 Å². The van der Waals surface area contributed by atoms with E-state index in [4.69, 9.17) is 4.98 Å². The molecule has 1 aromatic heterocycles. The summed E-state index contributed by atoms with van der Waals surface area (Å²) < 4.78 is 0. The van der Waals surface area contributed by atoms with E-state index in [0.29, 0.717) is 0 Å². The smallest absolute Gasteiger partial charge is 0.0758 e. The van der Waals surface area contributed by atoms with Gasteiger partial charge >= 0.3 is 0 Å². The average molecular weight is 240 g/mol. The van der Waals surface area contributed by atoms with E-state index in [1.165, 1.54) is 51.8 Å². The maximum absolute atomic E-state index is 4.92. The number of aromatic nitrogens is 1. The Bertz CT molecular complexity index is 614. The SMILES string of the molecule is CCNc1c2c(nc3c(C)c(C)ccc13)CCC2. The highest BCUT2D eigenvalue weighted by Gasteiger charge is 2.20. The van der Waals surface area contributed by atoms with Gasteiger partial charge in [0, 0.05) is 23.3 Å². The Morgan fingerprint density at radius 2 is 2.06 bits per heavy atom. The molecule has 0 unspecified atom stereocenters. The summed E-state index contributed by atoms with van der Waals surface area (Å²) >= 11 is 0. The zero-order valence-corrected chi connectivity index (χ0v) is 11.4. The van der Waals surface area contributed by atoms with Crippen molar-refractivity contribution in [1.82, 2.24) is 4.98 Å². The van der Waals surface area contributed by atoms with Gasteiger partial charge in [-0.15, -0.1) is 0 Å². The second-order valence-electron chi connectivity index (χ2n) is 5.20. The van der Waals surface area contributed by atoms with Gasteiger partial charge in [0.05, 0.1) is 5.52 Å². The van der Waals surface area contributed by atoms with Gasteiger partial charge in [0.25, 0.3) is 0 Å². The van der Waals surface area contributed by atoms with Crippen molar-refractivity contribution in [3.05, 3.63) is 34.5 Å². The maximum atomic E-state index is 4.92. The van der Waals surface area contributed by atoms with Crippen LogP contribution >= 0.6 is 0 Å². The van der Waals surface area contributed by atoms with Gasteiger partial charge in [-0.1, -0.05) is 12.1 Å². The molecule has 0 saturated heterocycles. The van der Waals surface area contributed by atoms with E-state index in [0.717, 1.165) is 13.0 Å². The van der Waals surface area contributed by atoms with Gasteiger partial charge in [-0.25, -0.2) is 0 Å². The van der Waals surface area contributed by atoms with Crippen molar-refractivity contribution in [2.24, 2.45) is 0 Å². The first-order chi connectivity index (χ1) is 8.72. The molecule has 0 radical (unpaired) electrons. The van der Waals surface area contributed by atoms with Crippen molar-refractivity contribution >= 4 is 16.6 Å². The molecule has 18 heavy (non-hydrogen) atoms. The molecule has 1 heterocycles. The first-order valence-corrected chi connectivity index (χ1v) is 6.88. The summed E-state index contributed by atoms with van der Waals surface area (Å²) in [5.74, 6) is 0. The quantitative estimate of drug-likeness (QED) is 0.864. The van der Waals surface area contributed by atoms with E-state index >= 15 is 0 Å². The molecule has 1 aromatic carbocycles. The summed E-state index contributed by atoms with van der Waals surface area (Å²) in [5.41, 5.74) is 7.93. The van der Waals surface area contributed by atoms with E-state index in [1.807, 2.05) is 0 Å². The summed E-state index contributed by atoms with van der Waals surface area (Å²) in [4.78, 5) is 4.92. The summed E-state index contributed by atoms with van der Waals surface area (Å²) in [6.07, 6.45) is 3.56. The molecule has 0 spiro atoms. The Morgan fingerprint density at radius 3 is 2.83 bits per heavy atom. The number of nitrogens with zero attached hydrogens (tertiary/aromatic N) is 1. The molecule has 0 aliphatic heterocycles. The predicted octanol–water partition coefficient (Wildman–Crippen LogP) is 3.77. The topological polar surface area (TPSA) is 24.9 Å². The monoisotopic (exact) mass is 240 g/mol. The molecule has 1 aliphatic carbocycles. The lowest BCUT2D eigenvalue weighted by Crippen LogP contribution is -2.04. The van der Waals surface area contributed by atoms with Crippen molar-refractivity contribution < 1.29 is 0 Å². The Kier molecular flexibility index (Phi) is 2.73. The lowest BCUT2D eigenvalue weighted by Gasteiger charge is -2.15. The van der Waals surface area contributed by atoms with Crippen LogP contribution < -0.4 is 5.32 Å². The molecule has 2 aromatic rings. The third-order valence-electron chi connectivity index (χ3n) is 4.06. The fourth-order valence-electron chi connectivity index (χ4n) is 2.94. The van der Waals surface area contributed by atoms with Crippen LogP contribution in [-0.4, -0.2) is 11.5 Å². The molecule has 0 atom stereocenters. The maximum Gasteiger partial charge on any atom is 0.0758 e. The molecule has 0 saturated carbocycles. The van der Waals surface area contributed by atoms with Crippen LogP contribution in [0.1, 0.15) is 35.7 Å². The van der Waals surface area contributed by atoms with Gasteiger partial charge < -0.3 is 5.32 Å². The second-order valence-corrected chi connectivity index (χ2v) is 5.20. The molecule has 0 amide bonds. The normalized spacial score (nSPS) is 13.9. The fourth-order valence-corrected chi connectivity index (χ4v) is 2.94. The molecule has 94 valence electrons. The largest absolute Gasteiger partial charge is 0.384 e. The Morgan fingerprint density at radius 1 is 1.22 bits per heavy atom. The Labute approximate surface area is 108 Å². The number of benzene rings is 1. The van der Waals surface area contributed by atoms with Gasteiger partial charge in [-0.2, -0.15) is 0 Å². The van der Waals surface area contributed by atoms with E-state index < -0.39 is 0 Å². The second kappa shape index (κ2) is 4.27. The molecule has 2 nitrogen and oxygen atoms in total. The van der Waals surface area contributed by atoms with Crippen LogP contribution in [0, 0.1) is 13.8 Å². The minimum absolute atomic E-state index is 0.971. The highest BCUT2D eigenvalue weighted by Crippen LogP contribution is 2.35. The number of hydrogen-bond acceptors (Lipinski definition) is 2. The van der Waals surface area contributed by atoms with E-state index in [2.05, 4.69) is 38.2 Å². The highest BCUT2D eigenvalue weighted by atomic mass is 14.9. The van der Waals surface area contributed by atoms with Gasteiger partial charge in [-0.3, -0.25) is 4.98 Å². The molecule has 1 N–H and O–H groups in total. The number of fused-ring (bicyclic) bond motifs is 2. The molecule has 2 heteroatoms. The number of hydrogen-bond donors (Lipinski definition) is 1. The van der Waals surface area contributed by atoms with Gasteiger partial charge in [0.1, 0.15) is 0 Å². The molecule has 0 fully saturated rings. The van der Waals surface area contributed by atoms with E-state index in [1.54, 1.807) is 0 Å². The zero-order valence-electron chi connectivity index (χ0n) is 11.4. The van der Waals surface area contributed by atoms with Crippen molar-refractivity contribution in [2.75, 3.05) is 11.9 Å². The third kappa shape index (κ3) is 1.59. The van der Waals surface area contributed by atoms with Gasteiger partial charge in [0.15, 0.2) is 0 Å². The van der Waals surface area contributed by atoms with E-state index in [9.17, 15) is 0 Å². The van der Waals surface area contributed by atoms with Crippen molar-refractivity contribution in [3.63, 3.8) is 0 Å². The fraction of sp³-hybridized carbons (Fsp3) is 0.438. The van der Waals surface area contributed by atoms with Crippen LogP contribution in [0.4, 0.5) is 5.69 Å². The average Bonchev–Trinajstić information content (AvgIpc) is 2.82. The highest BCUT2D eigenvalue weighted by molar-refractivity contribution is 5.96. The summed E-state index contributed by atoms with van der Waals surface area (Å²) in [5, 5.41) is 4.85. The van der Waals surface area contributed by atoms with Crippen molar-refractivity contribution in [3.8, 4) is 0 Å². The molecule has 0 bridgehead atoms. The number of aryl methyl sites for hydroxylation is 3. The molecular weight excluding hydrogens is 220 g/mol. The first-order valence-electron chi connectivity index (χ1n) is 6.88. The Hall–Kier alpha value is -1.57. The number of rotatable bonds is 2. The number of pyridine rings is 1. The van der Waals surface area contributed by atoms with Crippen molar-refractivity contribution in [2.45, 2.75) is 40.0 Å². The summed E-state index contributed by atoms with van der Waals surface area (Å²) in [6, 6.07) is 4.43. The van der Waals surface area contributed by atoms with Crippen LogP contribution in [-0.2, 0) is 12.8 Å². The van der Waals surface area contributed by atoms with Crippen LogP contribution in [0.15, 0.2) is 12.1 Å². The summed E-state index contributed by atoms with van der Waals surface area (Å²) in [7, 11) is 0. The number of nitrogens with one attached hydrogen (secondary N) is 1. The zero-order chi connectivity index (χ0) is 12.7. The minimum Gasteiger partial charge on any atom is -0.384 e. The lowest BCUT2D eigenvalue weighted by molar-refractivity contribution is 0.901. The van der Waals surface area contributed by atoms with Gasteiger partial charge in [0.2, 0.25) is 0 Å². The van der Waals surface area contributed by atoms with Crippen LogP contribution in [0.5, 0.6) is 0 Å². The first kappa shape index (κ1) is 11.5. The predicted molar refractivity (Wildman–Crippen MR) is 77.4 cm³/mol. The lowest BCUT2D eigenvalue weighted by atomic mass is 10.0. The third-order valence-corrected chi connectivity index (χ3v) is 4.06.